The Morgan fingerprint density at radius 2 is 2.00 bits per heavy atom. The number of rotatable bonds is 6. The van der Waals surface area contributed by atoms with Crippen molar-refractivity contribution in [3.05, 3.63) is 30.1 Å². The molecule has 0 unspecified atom stereocenters. The summed E-state index contributed by atoms with van der Waals surface area (Å²) in [6, 6.07) is 7.73. The summed E-state index contributed by atoms with van der Waals surface area (Å²) in [6.07, 6.45) is 2.31. The highest BCUT2D eigenvalue weighted by Gasteiger charge is 2.14. The fourth-order valence-electron chi connectivity index (χ4n) is 2.44. The summed E-state index contributed by atoms with van der Waals surface area (Å²) in [5.41, 5.74) is 0.912. The zero-order valence-corrected chi connectivity index (χ0v) is 13.8. The summed E-state index contributed by atoms with van der Waals surface area (Å²) >= 11 is 0. The number of aryl methyl sites for hydroxylation is 1. The molecule has 1 aliphatic heterocycles. The van der Waals surface area contributed by atoms with Crippen LogP contribution < -0.4 is 19.7 Å². The molecule has 1 aliphatic rings. The molecule has 0 radical (unpaired) electrons. The van der Waals surface area contributed by atoms with Crippen LogP contribution in [0.15, 0.2) is 24.3 Å². The first-order valence-corrected chi connectivity index (χ1v) is 7.89. The van der Waals surface area contributed by atoms with E-state index in [2.05, 4.69) is 34.2 Å². The van der Waals surface area contributed by atoms with Crippen molar-refractivity contribution in [1.82, 2.24) is 9.97 Å². The molecule has 0 saturated heterocycles. The Bertz CT molecular complexity index is 690. The van der Waals surface area contributed by atoms with Gasteiger partial charge in [0.05, 0.1) is 0 Å². The molecule has 1 N–H and O–H groups in total. The fourth-order valence-corrected chi connectivity index (χ4v) is 2.44. The summed E-state index contributed by atoms with van der Waals surface area (Å²) in [6.45, 7) is 5.35. The molecule has 0 spiro atoms. The number of unbranched alkanes of at least 4 members (excludes halogenated alkanes) is 1. The molecule has 1 aromatic carbocycles. The number of nitrogens with zero attached hydrogens (tertiary/aromatic N) is 3. The van der Waals surface area contributed by atoms with E-state index in [0.29, 0.717) is 0 Å². The van der Waals surface area contributed by atoms with Gasteiger partial charge in [-0.2, -0.15) is 0 Å². The van der Waals surface area contributed by atoms with E-state index >= 15 is 0 Å². The van der Waals surface area contributed by atoms with Crippen molar-refractivity contribution in [2.75, 3.05) is 30.6 Å². The Morgan fingerprint density at radius 3 is 2.83 bits per heavy atom. The van der Waals surface area contributed by atoms with Gasteiger partial charge in [-0.3, -0.25) is 0 Å². The second kappa shape index (κ2) is 6.73. The third-order valence-corrected chi connectivity index (χ3v) is 3.71. The molecule has 122 valence electrons. The smallest absolute Gasteiger partial charge is 0.231 e. The normalized spacial score (nSPS) is 12.3. The molecule has 2 aromatic rings. The molecular weight excluding hydrogens is 292 g/mol. The third kappa shape index (κ3) is 3.64. The van der Waals surface area contributed by atoms with Crippen molar-refractivity contribution < 1.29 is 9.47 Å². The lowest BCUT2D eigenvalue weighted by Gasteiger charge is -2.19. The van der Waals surface area contributed by atoms with Crippen LogP contribution in [0.25, 0.3) is 0 Å². The van der Waals surface area contributed by atoms with Gasteiger partial charge in [-0.25, -0.2) is 9.97 Å². The molecular formula is C17H22N4O2. The van der Waals surface area contributed by atoms with Crippen LogP contribution >= 0.6 is 0 Å². The van der Waals surface area contributed by atoms with E-state index in [1.54, 1.807) is 0 Å². The van der Waals surface area contributed by atoms with E-state index < -0.39 is 0 Å². The highest BCUT2D eigenvalue weighted by molar-refractivity contribution is 5.63. The number of hydrogen-bond acceptors (Lipinski definition) is 6. The van der Waals surface area contributed by atoms with Gasteiger partial charge in [-0.15, -0.1) is 0 Å². The molecule has 3 rings (SSSR count). The van der Waals surface area contributed by atoms with Crippen molar-refractivity contribution in [2.45, 2.75) is 26.7 Å². The first-order valence-electron chi connectivity index (χ1n) is 7.89. The Kier molecular flexibility index (Phi) is 4.50. The molecule has 0 bridgehead atoms. The minimum absolute atomic E-state index is 0.276. The molecule has 0 aliphatic carbocycles. The number of ether oxygens (including phenoxy) is 2. The second-order valence-corrected chi connectivity index (χ2v) is 5.63. The van der Waals surface area contributed by atoms with Gasteiger partial charge >= 0.3 is 0 Å². The van der Waals surface area contributed by atoms with Crippen LogP contribution in [0.1, 0.15) is 25.6 Å². The maximum absolute atomic E-state index is 5.40. The van der Waals surface area contributed by atoms with Crippen LogP contribution in [0.5, 0.6) is 11.5 Å². The highest BCUT2D eigenvalue weighted by Crippen LogP contribution is 2.35. The molecule has 6 nitrogen and oxygen atoms in total. The Labute approximate surface area is 136 Å². The van der Waals surface area contributed by atoms with Crippen molar-refractivity contribution in [2.24, 2.45) is 0 Å². The topological polar surface area (TPSA) is 59.5 Å². The molecule has 1 aromatic heterocycles. The number of aromatic nitrogens is 2. The zero-order chi connectivity index (χ0) is 16.2. The number of fused-ring (bicyclic) bond motifs is 1. The predicted molar refractivity (Wildman–Crippen MR) is 90.8 cm³/mol. The maximum atomic E-state index is 5.40. The first-order chi connectivity index (χ1) is 11.2. The lowest BCUT2D eigenvalue weighted by atomic mass is 10.2. The summed E-state index contributed by atoms with van der Waals surface area (Å²) in [5.74, 6) is 3.97. The van der Waals surface area contributed by atoms with Crippen LogP contribution in [0, 0.1) is 6.92 Å². The van der Waals surface area contributed by atoms with Crippen molar-refractivity contribution in [3.8, 4) is 11.5 Å². The fraction of sp³-hybridized carbons (Fsp3) is 0.412. The quantitative estimate of drug-likeness (QED) is 0.880. The van der Waals surface area contributed by atoms with E-state index in [1.807, 2.05) is 31.2 Å². The maximum Gasteiger partial charge on any atom is 0.231 e. The summed E-state index contributed by atoms with van der Waals surface area (Å²) in [5, 5.41) is 3.31. The van der Waals surface area contributed by atoms with Gasteiger partial charge in [0.1, 0.15) is 17.5 Å². The minimum atomic E-state index is 0.276. The van der Waals surface area contributed by atoms with Crippen LogP contribution in [-0.4, -0.2) is 30.4 Å². The number of benzene rings is 1. The Hall–Kier alpha value is -2.50. The summed E-state index contributed by atoms with van der Waals surface area (Å²) in [4.78, 5) is 11.1. The van der Waals surface area contributed by atoms with Crippen LogP contribution in [-0.2, 0) is 0 Å². The molecule has 2 heterocycles. The van der Waals surface area contributed by atoms with Crippen LogP contribution in [0.2, 0.25) is 0 Å². The molecule has 0 amide bonds. The van der Waals surface area contributed by atoms with E-state index in [4.69, 9.17) is 9.47 Å². The van der Waals surface area contributed by atoms with Crippen molar-refractivity contribution >= 4 is 17.3 Å². The van der Waals surface area contributed by atoms with Crippen molar-refractivity contribution in [1.29, 1.82) is 0 Å². The number of anilines is 3. The van der Waals surface area contributed by atoms with Crippen LogP contribution in [0.3, 0.4) is 0 Å². The lowest BCUT2D eigenvalue weighted by Crippen LogP contribution is -2.20. The standard InChI is InChI=1S/C17H22N4O2/c1-4-5-8-21(3)17-10-16(18-12(2)19-17)20-13-6-7-14-15(9-13)23-11-22-14/h6-7,9-10H,4-5,8,11H2,1-3H3,(H,18,19,20). The van der Waals surface area contributed by atoms with Crippen LogP contribution in [0.4, 0.5) is 17.3 Å². The average molecular weight is 314 g/mol. The van der Waals surface area contributed by atoms with E-state index in [1.165, 1.54) is 0 Å². The third-order valence-electron chi connectivity index (χ3n) is 3.71. The van der Waals surface area contributed by atoms with Gasteiger partial charge in [0.15, 0.2) is 11.5 Å². The van der Waals surface area contributed by atoms with Gasteiger partial charge in [0.2, 0.25) is 6.79 Å². The molecule has 6 heteroatoms. The lowest BCUT2D eigenvalue weighted by molar-refractivity contribution is 0.174. The monoisotopic (exact) mass is 314 g/mol. The Balaban J connectivity index is 1.78. The van der Waals surface area contributed by atoms with Gasteiger partial charge in [0.25, 0.3) is 0 Å². The number of nitrogens with one attached hydrogen (secondary N) is 1. The summed E-state index contributed by atoms with van der Waals surface area (Å²) < 4.78 is 10.7. The average Bonchev–Trinajstić information content (AvgIpc) is 2.99. The molecule has 23 heavy (non-hydrogen) atoms. The second-order valence-electron chi connectivity index (χ2n) is 5.63. The minimum Gasteiger partial charge on any atom is -0.454 e. The summed E-state index contributed by atoms with van der Waals surface area (Å²) in [7, 11) is 2.06. The molecule has 0 fully saturated rings. The highest BCUT2D eigenvalue weighted by atomic mass is 16.7. The SMILES string of the molecule is CCCCN(C)c1cc(Nc2ccc3c(c2)OCO3)nc(C)n1. The largest absolute Gasteiger partial charge is 0.454 e. The molecule has 0 atom stereocenters. The van der Waals surface area contributed by atoms with E-state index in [0.717, 1.165) is 54.0 Å². The first kappa shape index (κ1) is 15.4. The van der Waals surface area contributed by atoms with Gasteiger partial charge in [-0.1, -0.05) is 13.3 Å². The number of hydrogen-bond donors (Lipinski definition) is 1. The van der Waals surface area contributed by atoms with Gasteiger partial charge < -0.3 is 19.7 Å². The Morgan fingerprint density at radius 1 is 1.17 bits per heavy atom. The van der Waals surface area contributed by atoms with Gasteiger partial charge in [0, 0.05) is 31.4 Å². The van der Waals surface area contributed by atoms with E-state index in [-0.39, 0.29) is 6.79 Å². The van der Waals surface area contributed by atoms with E-state index in [9.17, 15) is 0 Å². The van der Waals surface area contributed by atoms with Crippen molar-refractivity contribution in [3.63, 3.8) is 0 Å². The van der Waals surface area contributed by atoms with Gasteiger partial charge in [-0.05, 0) is 25.5 Å². The predicted octanol–water partition coefficient (Wildman–Crippen LogP) is 3.49. The zero-order valence-electron chi connectivity index (χ0n) is 13.8. The molecule has 0 saturated carbocycles.